The Balaban J connectivity index is 2.73. The van der Waals surface area contributed by atoms with Gasteiger partial charge in [0.1, 0.15) is 0 Å². The maximum atomic E-state index is 11.1. The van der Waals surface area contributed by atoms with Crippen LogP contribution in [0.4, 0.5) is 0 Å². The van der Waals surface area contributed by atoms with Crippen LogP contribution < -0.4 is 9.47 Å². The molecule has 0 spiro atoms. The number of esters is 1. The Kier molecular flexibility index (Phi) is 7.24. The van der Waals surface area contributed by atoms with Crippen LogP contribution in [0.3, 0.4) is 0 Å². The first-order valence-electron chi connectivity index (χ1n) is 6.29. The van der Waals surface area contributed by atoms with E-state index >= 15 is 0 Å². The van der Waals surface area contributed by atoms with E-state index in [-0.39, 0.29) is 0 Å². The normalized spacial score (nSPS) is 10.0. The standard InChI is InChI=1S/C14H17N3O4/c1-19-12-6-4-11(5-7-14(18)20-2)10-13(12)21-9-3-8-16-17-15/h4-7,10H,3,8-9H2,1-2H3. The summed E-state index contributed by atoms with van der Waals surface area (Å²) in [5.74, 6) is 0.724. The van der Waals surface area contributed by atoms with Gasteiger partial charge in [-0.2, -0.15) is 0 Å². The van der Waals surface area contributed by atoms with E-state index in [1.807, 2.05) is 0 Å². The summed E-state index contributed by atoms with van der Waals surface area (Å²) in [5.41, 5.74) is 8.96. The molecule has 1 aromatic carbocycles. The Morgan fingerprint density at radius 2 is 2.19 bits per heavy atom. The first kappa shape index (κ1) is 16.4. The molecule has 1 aromatic rings. The van der Waals surface area contributed by atoms with E-state index in [9.17, 15) is 4.79 Å². The lowest BCUT2D eigenvalue weighted by Crippen LogP contribution is -2.01. The minimum absolute atomic E-state index is 0.376. The van der Waals surface area contributed by atoms with Gasteiger partial charge in [0.05, 0.1) is 20.8 Å². The van der Waals surface area contributed by atoms with E-state index in [4.69, 9.17) is 15.0 Å². The summed E-state index contributed by atoms with van der Waals surface area (Å²) in [5, 5.41) is 3.43. The van der Waals surface area contributed by atoms with Gasteiger partial charge >= 0.3 is 5.97 Å². The number of carbonyl (C=O) groups excluding carboxylic acids is 1. The van der Waals surface area contributed by atoms with Crippen LogP contribution in [0.2, 0.25) is 0 Å². The van der Waals surface area contributed by atoms with E-state index in [0.717, 1.165) is 5.56 Å². The van der Waals surface area contributed by atoms with Crippen LogP contribution in [0, 0.1) is 0 Å². The highest BCUT2D eigenvalue weighted by Gasteiger charge is 2.05. The van der Waals surface area contributed by atoms with Gasteiger partial charge in [-0.3, -0.25) is 0 Å². The first-order chi connectivity index (χ1) is 10.2. The highest BCUT2D eigenvalue weighted by Crippen LogP contribution is 2.28. The lowest BCUT2D eigenvalue weighted by molar-refractivity contribution is -0.134. The molecule has 0 heterocycles. The van der Waals surface area contributed by atoms with Crippen molar-refractivity contribution in [2.75, 3.05) is 27.4 Å². The molecular weight excluding hydrogens is 274 g/mol. The van der Waals surface area contributed by atoms with Gasteiger partial charge in [-0.25, -0.2) is 4.79 Å². The molecular formula is C14H17N3O4. The summed E-state index contributed by atoms with van der Waals surface area (Å²) in [7, 11) is 2.87. The van der Waals surface area contributed by atoms with E-state index in [1.165, 1.54) is 13.2 Å². The van der Waals surface area contributed by atoms with Gasteiger partial charge in [0.15, 0.2) is 11.5 Å². The molecule has 7 nitrogen and oxygen atoms in total. The van der Waals surface area contributed by atoms with Gasteiger partial charge in [0, 0.05) is 17.5 Å². The van der Waals surface area contributed by atoms with Gasteiger partial charge < -0.3 is 14.2 Å². The quantitative estimate of drug-likeness (QED) is 0.184. The van der Waals surface area contributed by atoms with Crippen molar-refractivity contribution in [3.8, 4) is 11.5 Å². The number of carbonyl (C=O) groups is 1. The molecule has 0 aliphatic carbocycles. The average molecular weight is 291 g/mol. The zero-order valence-corrected chi connectivity index (χ0v) is 12.0. The van der Waals surface area contributed by atoms with Crippen LogP contribution in [0.5, 0.6) is 11.5 Å². The molecule has 7 heteroatoms. The Morgan fingerprint density at radius 3 is 2.86 bits per heavy atom. The second kappa shape index (κ2) is 9.28. The number of azide groups is 1. The average Bonchev–Trinajstić information content (AvgIpc) is 2.52. The lowest BCUT2D eigenvalue weighted by Gasteiger charge is -2.10. The second-order valence-corrected chi connectivity index (χ2v) is 3.92. The third-order valence-electron chi connectivity index (χ3n) is 2.52. The largest absolute Gasteiger partial charge is 0.493 e. The maximum Gasteiger partial charge on any atom is 0.330 e. The Labute approximate surface area is 122 Å². The number of rotatable bonds is 8. The molecule has 0 N–H and O–H groups in total. The molecule has 112 valence electrons. The van der Waals surface area contributed by atoms with Crippen LogP contribution in [0.15, 0.2) is 29.4 Å². The third kappa shape index (κ3) is 5.88. The van der Waals surface area contributed by atoms with Gasteiger partial charge in [0.2, 0.25) is 0 Å². The van der Waals surface area contributed by atoms with Crippen LogP contribution in [0.1, 0.15) is 12.0 Å². The molecule has 0 unspecified atom stereocenters. The van der Waals surface area contributed by atoms with Gasteiger partial charge in [-0.15, -0.1) is 0 Å². The third-order valence-corrected chi connectivity index (χ3v) is 2.52. The first-order valence-corrected chi connectivity index (χ1v) is 6.29. The molecule has 0 bridgehead atoms. The Bertz CT molecular complexity index is 551. The molecule has 1 rings (SSSR count). The fourth-order valence-electron chi connectivity index (χ4n) is 1.50. The van der Waals surface area contributed by atoms with Crippen molar-refractivity contribution in [2.45, 2.75) is 6.42 Å². The van der Waals surface area contributed by atoms with Crippen LogP contribution in [0.25, 0.3) is 16.5 Å². The predicted molar refractivity (Wildman–Crippen MR) is 78.2 cm³/mol. The number of ether oxygens (including phenoxy) is 3. The fraction of sp³-hybridized carbons (Fsp3) is 0.357. The molecule has 0 aliphatic rings. The Hall–Kier alpha value is -2.66. The van der Waals surface area contributed by atoms with E-state index in [2.05, 4.69) is 14.8 Å². The summed E-state index contributed by atoms with van der Waals surface area (Å²) in [6.07, 6.45) is 3.56. The van der Waals surface area contributed by atoms with Crippen molar-refractivity contribution in [3.05, 3.63) is 40.3 Å². The van der Waals surface area contributed by atoms with E-state index in [0.29, 0.717) is 31.1 Å². The van der Waals surface area contributed by atoms with Crippen LogP contribution >= 0.6 is 0 Å². The number of hydrogen-bond donors (Lipinski definition) is 0. The van der Waals surface area contributed by atoms with Crippen molar-refractivity contribution in [3.63, 3.8) is 0 Å². The number of benzene rings is 1. The maximum absolute atomic E-state index is 11.1. The second-order valence-electron chi connectivity index (χ2n) is 3.92. The highest BCUT2D eigenvalue weighted by molar-refractivity contribution is 5.87. The molecule has 0 atom stereocenters. The lowest BCUT2D eigenvalue weighted by atomic mass is 10.2. The smallest absolute Gasteiger partial charge is 0.330 e. The monoisotopic (exact) mass is 291 g/mol. The van der Waals surface area contributed by atoms with Crippen molar-refractivity contribution in [1.29, 1.82) is 0 Å². The minimum atomic E-state index is -0.428. The number of methoxy groups -OCH3 is 2. The number of hydrogen-bond acceptors (Lipinski definition) is 5. The molecule has 0 radical (unpaired) electrons. The summed E-state index contributed by atoms with van der Waals surface area (Å²) in [4.78, 5) is 13.7. The highest BCUT2D eigenvalue weighted by atomic mass is 16.5. The van der Waals surface area contributed by atoms with Gasteiger partial charge in [0.25, 0.3) is 0 Å². The fourth-order valence-corrected chi connectivity index (χ4v) is 1.50. The summed E-state index contributed by atoms with van der Waals surface area (Å²) < 4.78 is 15.3. The van der Waals surface area contributed by atoms with E-state index in [1.54, 1.807) is 31.4 Å². The van der Waals surface area contributed by atoms with Gasteiger partial charge in [-0.05, 0) is 35.7 Å². The molecule has 0 aromatic heterocycles. The zero-order chi connectivity index (χ0) is 15.5. The van der Waals surface area contributed by atoms with Crippen molar-refractivity contribution >= 4 is 12.0 Å². The summed E-state index contributed by atoms with van der Waals surface area (Å²) in [6, 6.07) is 5.30. The topological polar surface area (TPSA) is 93.5 Å². The number of nitrogens with zero attached hydrogens (tertiary/aromatic N) is 3. The zero-order valence-electron chi connectivity index (χ0n) is 12.0. The van der Waals surface area contributed by atoms with E-state index < -0.39 is 5.97 Å². The predicted octanol–water partition coefficient (Wildman–Crippen LogP) is 2.96. The van der Waals surface area contributed by atoms with Crippen molar-refractivity contribution < 1.29 is 19.0 Å². The van der Waals surface area contributed by atoms with Crippen LogP contribution in [-0.4, -0.2) is 33.3 Å². The minimum Gasteiger partial charge on any atom is -0.493 e. The van der Waals surface area contributed by atoms with Crippen molar-refractivity contribution in [2.24, 2.45) is 5.11 Å². The molecule has 0 amide bonds. The molecule has 21 heavy (non-hydrogen) atoms. The molecule has 0 aliphatic heterocycles. The molecule has 0 fully saturated rings. The molecule has 0 saturated carbocycles. The molecule has 0 saturated heterocycles. The summed E-state index contributed by atoms with van der Waals surface area (Å²) in [6.45, 7) is 0.778. The Morgan fingerprint density at radius 1 is 1.38 bits per heavy atom. The van der Waals surface area contributed by atoms with Gasteiger partial charge in [-0.1, -0.05) is 11.2 Å². The SMILES string of the molecule is COC(=O)C=Cc1ccc(OC)c(OCCCN=[N+]=[N-])c1. The van der Waals surface area contributed by atoms with Crippen LogP contribution in [-0.2, 0) is 9.53 Å². The van der Waals surface area contributed by atoms with Crippen molar-refractivity contribution in [1.82, 2.24) is 0 Å². The summed E-state index contributed by atoms with van der Waals surface area (Å²) >= 11 is 0.